The Bertz CT molecular complexity index is 736. The molecule has 2 aromatic rings. The number of nitrogens with zero attached hydrogens (tertiary/aromatic N) is 2. The first-order chi connectivity index (χ1) is 12.1. The lowest BCUT2D eigenvalue weighted by atomic mass is 10.2. The van der Waals surface area contributed by atoms with Crippen LogP contribution in [0.15, 0.2) is 48.8 Å². The van der Waals surface area contributed by atoms with E-state index in [1.54, 1.807) is 30.4 Å². The van der Waals surface area contributed by atoms with Crippen molar-refractivity contribution in [2.75, 3.05) is 26.2 Å². The average Bonchev–Trinajstić information content (AvgIpc) is 2.62. The number of carbonyl (C=O) groups is 1. The Morgan fingerprint density at radius 1 is 1.12 bits per heavy atom. The number of halogens is 2. The fourth-order valence-corrected chi connectivity index (χ4v) is 3.46. The molecule has 3 rings (SSSR count). The van der Waals surface area contributed by atoms with E-state index in [0.717, 1.165) is 32.7 Å². The molecule has 0 atom stereocenters. The second kappa shape index (κ2) is 8.48. The molecular formula is C19H20Cl2N3O+. The predicted molar refractivity (Wildman–Crippen MR) is 101 cm³/mol. The molecule has 1 aromatic carbocycles. The van der Waals surface area contributed by atoms with Crippen LogP contribution in [0.1, 0.15) is 11.1 Å². The van der Waals surface area contributed by atoms with Crippen LogP contribution in [0.3, 0.4) is 0 Å². The Balaban J connectivity index is 1.54. The summed E-state index contributed by atoms with van der Waals surface area (Å²) in [7, 11) is 0. The standard InChI is InChI=1S/C19H19Cl2N3O/c20-17-2-1-3-18(21)16(17)4-5-19(25)24-12-10-23(11-13-24)14-15-6-8-22-9-7-15/h1-9H,10-14H2/p+1/b5-4+. The molecule has 0 aliphatic carbocycles. The minimum absolute atomic E-state index is 0.000975. The Hall–Kier alpha value is -1.88. The molecule has 1 fully saturated rings. The second-order valence-electron chi connectivity index (χ2n) is 6.08. The van der Waals surface area contributed by atoms with Crippen LogP contribution in [0.25, 0.3) is 6.08 Å². The zero-order valence-electron chi connectivity index (χ0n) is 13.8. The molecule has 1 aliphatic rings. The summed E-state index contributed by atoms with van der Waals surface area (Å²) in [4.78, 5) is 19.8. The maximum atomic E-state index is 12.4. The van der Waals surface area contributed by atoms with Gasteiger partial charge in [-0.1, -0.05) is 29.3 Å². The number of aromatic nitrogens is 1. The number of amides is 1. The third-order valence-electron chi connectivity index (χ3n) is 4.38. The SMILES string of the molecule is O=C(/C=C/c1c(Cl)cccc1Cl)N1CC[NH+](Cc2ccncc2)CC1. The van der Waals surface area contributed by atoms with Gasteiger partial charge in [0.05, 0.1) is 26.2 Å². The van der Waals surface area contributed by atoms with Crippen molar-refractivity contribution in [3.05, 3.63) is 70.0 Å². The summed E-state index contributed by atoms with van der Waals surface area (Å²) >= 11 is 12.3. The summed E-state index contributed by atoms with van der Waals surface area (Å²) < 4.78 is 0. The van der Waals surface area contributed by atoms with Crippen LogP contribution < -0.4 is 4.90 Å². The lowest BCUT2D eigenvalue weighted by molar-refractivity contribution is -0.917. The Morgan fingerprint density at radius 3 is 2.40 bits per heavy atom. The van der Waals surface area contributed by atoms with Crippen molar-refractivity contribution in [3.63, 3.8) is 0 Å². The van der Waals surface area contributed by atoms with Crippen LogP contribution in [0.5, 0.6) is 0 Å². The molecule has 0 bridgehead atoms. The van der Waals surface area contributed by atoms with E-state index in [0.29, 0.717) is 15.6 Å². The summed E-state index contributed by atoms with van der Waals surface area (Å²) in [5.41, 5.74) is 1.96. The Morgan fingerprint density at radius 2 is 1.76 bits per heavy atom. The second-order valence-corrected chi connectivity index (χ2v) is 6.89. The van der Waals surface area contributed by atoms with Crippen LogP contribution in [-0.4, -0.2) is 42.0 Å². The predicted octanol–water partition coefficient (Wildman–Crippen LogP) is 2.33. The van der Waals surface area contributed by atoms with Gasteiger partial charge in [0.15, 0.2) is 0 Å². The molecule has 4 nitrogen and oxygen atoms in total. The van der Waals surface area contributed by atoms with Gasteiger partial charge in [-0.15, -0.1) is 0 Å². The van der Waals surface area contributed by atoms with Crippen molar-refractivity contribution in [1.82, 2.24) is 9.88 Å². The number of hydrogen-bond acceptors (Lipinski definition) is 2. The third kappa shape index (κ3) is 4.82. The Labute approximate surface area is 157 Å². The lowest BCUT2D eigenvalue weighted by Crippen LogP contribution is -3.13. The van der Waals surface area contributed by atoms with Gasteiger partial charge in [-0.05, 0) is 30.3 Å². The number of piperazine rings is 1. The van der Waals surface area contributed by atoms with Crippen molar-refractivity contribution in [1.29, 1.82) is 0 Å². The normalized spacial score (nSPS) is 15.7. The van der Waals surface area contributed by atoms with Crippen LogP contribution in [0, 0.1) is 0 Å². The van der Waals surface area contributed by atoms with E-state index in [-0.39, 0.29) is 5.91 Å². The van der Waals surface area contributed by atoms with Crippen LogP contribution in [0.2, 0.25) is 10.0 Å². The fourth-order valence-electron chi connectivity index (χ4n) is 2.94. The van der Waals surface area contributed by atoms with Gasteiger partial charge in [0.25, 0.3) is 0 Å². The van der Waals surface area contributed by atoms with Gasteiger partial charge < -0.3 is 9.80 Å². The smallest absolute Gasteiger partial charge is 0.246 e. The van der Waals surface area contributed by atoms with Crippen LogP contribution in [-0.2, 0) is 11.3 Å². The molecule has 1 aromatic heterocycles. The lowest BCUT2D eigenvalue weighted by Gasteiger charge is -2.31. The number of pyridine rings is 1. The Kier molecular flexibility index (Phi) is 6.08. The van der Waals surface area contributed by atoms with Crippen LogP contribution in [0.4, 0.5) is 0 Å². The molecule has 0 unspecified atom stereocenters. The minimum atomic E-state index is -0.000975. The van der Waals surface area contributed by atoms with Gasteiger partial charge >= 0.3 is 0 Å². The highest BCUT2D eigenvalue weighted by Crippen LogP contribution is 2.25. The highest BCUT2D eigenvalue weighted by atomic mass is 35.5. The first kappa shape index (κ1) is 17.9. The number of rotatable bonds is 4. The van der Waals surface area contributed by atoms with E-state index in [4.69, 9.17) is 23.2 Å². The molecule has 0 radical (unpaired) electrons. The summed E-state index contributed by atoms with van der Waals surface area (Å²) in [5.74, 6) is -0.000975. The summed E-state index contributed by atoms with van der Waals surface area (Å²) in [6, 6.07) is 9.40. The van der Waals surface area contributed by atoms with Crippen molar-refractivity contribution in [2.45, 2.75) is 6.54 Å². The number of carbonyl (C=O) groups excluding carboxylic acids is 1. The summed E-state index contributed by atoms with van der Waals surface area (Å²) in [6.45, 7) is 4.35. The van der Waals surface area contributed by atoms with Crippen molar-refractivity contribution in [2.24, 2.45) is 0 Å². The summed E-state index contributed by atoms with van der Waals surface area (Å²) in [5, 5.41) is 1.09. The average molecular weight is 377 g/mol. The van der Waals surface area contributed by atoms with Crippen LogP contribution >= 0.6 is 23.2 Å². The molecule has 1 amide bonds. The van der Waals surface area contributed by atoms with Gasteiger partial charge in [-0.25, -0.2) is 0 Å². The molecule has 0 spiro atoms. The molecule has 130 valence electrons. The zero-order chi connectivity index (χ0) is 17.6. The van der Waals surface area contributed by atoms with E-state index in [2.05, 4.69) is 4.98 Å². The monoisotopic (exact) mass is 376 g/mol. The molecule has 1 N–H and O–H groups in total. The third-order valence-corrected chi connectivity index (χ3v) is 5.04. The molecule has 2 heterocycles. The highest BCUT2D eigenvalue weighted by Gasteiger charge is 2.22. The fraction of sp³-hybridized carbons (Fsp3) is 0.263. The molecular weight excluding hydrogens is 357 g/mol. The zero-order valence-corrected chi connectivity index (χ0v) is 15.3. The van der Waals surface area contributed by atoms with Gasteiger partial charge in [-0.3, -0.25) is 9.78 Å². The first-order valence-electron chi connectivity index (χ1n) is 8.27. The molecule has 1 aliphatic heterocycles. The minimum Gasteiger partial charge on any atom is -0.328 e. The van der Waals surface area contributed by atoms with Gasteiger partial charge in [-0.2, -0.15) is 0 Å². The number of hydrogen-bond donors (Lipinski definition) is 1. The topological polar surface area (TPSA) is 37.6 Å². The van der Waals surface area contributed by atoms with Crippen molar-refractivity contribution < 1.29 is 9.69 Å². The highest BCUT2D eigenvalue weighted by molar-refractivity contribution is 6.37. The molecule has 0 saturated carbocycles. The maximum absolute atomic E-state index is 12.4. The van der Waals surface area contributed by atoms with E-state index >= 15 is 0 Å². The molecule has 25 heavy (non-hydrogen) atoms. The number of quaternary nitrogens is 1. The van der Waals surface area contributed by atoms with Gasteiger partial charge in [0.2, 0.25) is 5.91 Å². The van der Waals surface area contributed by atoms with Gasteiger partial charge in [0.1, 0.15) is 6.54 Å². The first-order valence-corrected chi connectivity index (χ1v) is 9.02. The van der Waals surface area contributed by atoms with E-state index in [1.807, 2.05) is 29.4 Å². The van der Waals surface area contributed by atoms with E-state index in [9.17, 15) is 4.79 Å². The largest absolute Gasteiger partial charge is 0.328 e. The summed E-state index contributed by atoms with van der Waals surface area (Å²) in [6.07, 6.45) is 6.89. The quantitative estimate of drug-likeness (QED) is 0.831. The maximum Gasteiger partial charge on any atom is 0.246 e. The molecule has 1 saturated heterocycles. The van der Waals surface area contributed by atoms with Crippen molar-refractivity contribution in [3.8, 4) is 0 Å². The molecule has 6 heteroatoms. The number of nitrogens with one attached hydrogen (secondary N) is 1. The van der Waals surface area contributed by atoms with E-state index in [1.165, 1.54) is 10.5 Å². The number of benzene rings is 1. The van der Waals surface area contributed by atoms with Gasteiger partial charge in [0, 0.05) is 39.6 Å². The van der Waals surface area contributed by atoms with E-state index < -0.39 is 0 Å². The van der Waals surface area contributed by atoms with Crippen molar-refractivity contribution >= 4 is 35.2 Å².